The molecule has 20 heavy (non-hydrogen) atoms. The van der Waals surface area contributed by atoms with Crippen molar-refractivity contribution < 1.29 is 19.4 Å². The molecule has 5 nitrogen and oxygen atoms in total. The smallest absolute Gasteiger partial charge is 0.410 e. The number of likely N-dealkylation sites (tertiary alicyclic amines) is 1. The van der Waals surface area contributed by atoms with E-state index in [0.717, 1.165) is 12.8 Å². The lowest BCUT2D eigenvalue weighted by atomic mass is 9.80. The Morgan fingerprint density at radius 1 is 1.35 bits per heavy atom. The number of hydrogen-bond acceptors (Lipinski definition) is 3. The molecular formula is C15H27NO4. The van der Waals surface area contributed by atoms with Crippen LogP contribution in [-0.4, -0.2) is 40.8 Å². The second kappa shape index (κ2) is 6.46. The van der Waals surface area contributed by atoms with E-state index in [2.05, 4.69) is 13.8 Å². The number of hydrogen-bond donors (Lipinski definition) is 1. The van der Waals surface area contributed by atoms with Crippen molar-refractivity contribution in [2.75, 3.05) is 13.1 Å². The third-order valence-electron chi connectivity index (χ3n) is 3.50. The summed E-state index contributed by atoms with van der Waals surface area (Å²) in [6.07, 6.45) is 1.21. The van der Waals surface area contributed by atoms with E-state index in [1.54, 1.807) is 0 Å². The first-order chi connectivity index (χ1) is 9.10. The largest absolute Gasteiger partial charge is 0.481 e. The molecule has 0 unspecified atom stereocenters. The molecule has 0 spiro atoms. The second-order valence-electron chi connectivity index (χ2n) is 7.05. The quantitative estimate of drug-likeness (QED) is 0.865. The van der Waals surface area contributed by atoms with Gasteiger partial charge in [-0.25, -0.2) is 4.79 Å². The Morgan fingerprint density at radius 3 is 2.40 bits per heavy atom. The van der Waals surface area contributed by atoms with Crippen LogP contribution in [0, 0.1) is 17.8 Å². The molecule has 0 aromatic rings. The minimum atomic E-state index is -0.816. The van der Waals surface area contributed by atoms with Crippen LogP contribution in [0.25, 0.3) is 0 Å². The second-order valence-corrected chi connectivity index (χ2v) is 7.05. The molecule has 0 bridgehead atoms. The number of nitrogens with zero attached hydrogens (tertiary/aromatic N) is 1. The van der Waals surface area contributed by atoms with E-state index in [9.17, 15) is 14.7 Å². The molecule has 1 aliphatic heterocycles. The molecule has 1 rings (SSSR count). The molecule has 0 saturated carbocycles. The number of carbonyl (C=O) groups is 2. The number of carboxylic acids is 1. The fourth-order valence-electron chi connectivity index (χ4n) is 2.66. The van der Waals surface area contributed by atoms with Gasteiger partial charge in [0.15, 0.2) is 0 Å². The maximum atomic E-state index is 12.0. The molecule has 116 valence electrons. The third kappa shape index (κ3) is 5.02. The Labute approximate surface area is 121 Å². The minimum Gasteiger partial charge on any atom is -0.481 e. The highest BCUT2D eigenvalue weighted by molar-refractivity contribution is 5.73. The van der Waals surface area contributed by atoms with E-state index in [-0.39, 0.29) is 12.5 Å². The van der Waals surface area contributed by atoms with E-state index in [1.165, 1.54) is 4.90 Å². The SMILES string of the molecule is CC(C)C[C@@H]1CCN(C(=O)OC(C)(C)C)C[C@H]1C(=O)O. The van der Waals surface area contributed by atoms with Gasteiger partial charge in [0.05, 0.1) is 5.92 Å². The molecule has 1 N–H and O–H groups in total. The van der Waals surface area contributed by atoms with Crippen molar-refractivity contribution in [3.8, 4) is 0 Å². The first-order valence-electron chi connectivity index (χ1n) is 7.31. The topological polar surface area (TPSA) is 66.8 Å². The summed E-state index contributed by atoms with van der Waals surface area (Å²) in [5.74, 6) is -0.691. The monoisotopic (exact) mass is 285 g/mol. The van der Waals surface area contributed by atoms with Crippen molar-refractivity contribution >= 4 is 12.1 Å². The van der Waals surface area contributed by atoms with Gasteiger partial charge in [0.1, 0.15) is 5.60 Å². The zero-order valence-corrected chi connectivity index (χ0v) is 13.2. The molecule has 1 fully saturated rings. The molecule has 5 heteroatoms. The maximum Gasteiger partial charge on any atom is 0.410 e. The van der Waals surface area contributed by atoms with E-state index < -0.39 is 23.6 Å². The van der Waals surface area contributed by atoms with Gasteiger partial charge >= 0.3 is 12.1 Å². The average Bonchev–Trinajstić information content (AvgIpc) is 2.25. The molecule has 1 saturated heterocycles. The van der Waals surface area contributed by atoms with Crippen LogP contribution in [0.2, 0.25) is 0 Å². The van der Waals surface area contributed by atoms with Gasteiger partial charge in [0.25, 0.3) is 0 Å². The fraction of sp³-hybridized carbons (Fsp3) is 0.867. The molecule has 1 heterocycles. The molecule has 2 atom stereocenters. The molecule has 0 aliphatic carbocycles. The van der Waals surface area contributed by atoms with Crippen LogP contribution in [0.1, 0.15) is 47.5 Å². The Kier molecular flexibility index (Phi) is 5.42. The highest BCUT2D eigenvalue weighted by Crippen LogP contribution is 2.30. The number of amides is 1. The summed E-state index contributed by atoms with van der Waals surface area (Å²) in [5.41, 5.74) is -0.551. The molecule has 0 aromatic carbocycles. The average molecular weight is 285 g/mol. The van der Waals surface area contributed by atoms with Crippen molar-refractivity contribution in [1.82, 2.24) is 4.90 Å². The van der Waals surface area contributed by atoms with Gasteiger partial charge in [0.2, 0.25) is 0 Å². The Morgan fingerprint density at radius 2 is 1.95 bits per heavy atom. The van der Waals surface area contributed by atoms with E-state index in [4.69, 9.17) is 4.74 Å². The predicted molar refractivity (Wildman–Crippen MR) is 76.5 cm³/mol. The number of carbonyl (C=O) groups excluding carboxylic acids is 1. The lowest BCUT2D eigenvalue weighted by Crippen LogP contribution is -2.48. The van der Waals surface area contributed by atoms with Crippen molar-refractivity contribution in [1.29, 1.82) is 0 Å². The summed E-state index contributed by atoms with van der Waals surface area (Å²) in [6.45, 7) is 10.5. The van der Waals surface area contributed by atoms with Crippen LogP contribution >= 0.6 is 0 Å². The predicted octanol–water partition coefficient (Wildman–Crippen LogP) is 2.99. The third-order valence-corrected chi connectivity index (χ3v) is 3.50. The van der Waals surface area contributed by atoms with Gasteiger partial charge in [-0.1, -0.05) is 13.8 Å². The van der Waals surface area contributed by atoms with Crippen molar-refractivity contribution in [2.45, 2.75) is 53.1 Å². The Balaban J connectivity index is 2.68. The van der Waals surface area contributed by atoms with Crippen molar-refractivity contribution in [2.24, 2.45) is 17.8 Å². The zero-order valence-electron chi connectivity index (χ0n) is 13.2. The van der Waals surface area contributed by atoms with Gasteiger partial charge < -0.3 is 14.7 Å². The summed E-state index contributed by atoms with van der Waals surface area (Å²) < 4.78 is 5.32. The first-order valence-corrected chi connectivity index (χ1v) is 7.31. The number of aliphatic carboxylic acids is 1. The zero-order chi connectivity index (χ0) is 15.5. The number of carboxylic acid groups (broad SMARTS) is 1. The van der Waals surface area contributed by atoms with E-state index in [1.807, 2.05) is 20.8 Å². The molecule has 0 radical (unpaired) electrons. The normalized spacial score (nSPS) is 23.8. The van der Waals surface area contributed by atoms with Crippen LogP contribution < -0.4 is 0 Å². The van der Waals surface area contributed by atoms with Crippen molar-refractivity contribution in [3.05, 3.63) is 0 Å². The lowest BCUT2D eigenvalue weighted by Gasteiger charge is -2.37. The van der Waals surface area contributed by atoms with Crippen LogP contribution in [0.15, 0.2) is 0 Å². The van der Waals surface area contributed by atoms with Crippen LogP contribution in [0.4, 0.5) is 4.79 Å². The summed E-state index contributed by atoms with van der Waals surface area (Å²) in [5, 5.41) is 9.37. The standard InChI is InChI=1S/C15H27NO4/c1-10(2)8-11-6-7-16(9-12(11)13(17)18)14(19)20-15(3,4)5/h10-12H,6-9H2,1-5H3,(H,17,18)/t11-,12+/m0/s1. The first kappa shape index (κ1) is 16.8. The number of rotatable bonds is 3. The highest BCUT2D eigenvalue weighted by atomic mass is 16.6. The van der Waals surface area contributed by atoms with Crippen LogP contribution in [-0.2, 0) is 9.53 Å². The number of ether oxygens (including phenoxy) is 1. The van der Waals surface area contributed by atoms with Gasteiger partial charge in [-0.05, 0) is 45.4 Å². The van der Waals surface area contributed by atoms with Gasteiger partial charge in [-0.15, -0.1) is 0 Å². The van der Waals surface area contributed by atoms with Crippen LogP contribution in [0.3, 0.4) is 0 Å². The van der Waals surface area contributed by atoms with Crippen LogP contribution in [0.5, 0.6) is 0 Å². The fourth-order valence-corrected chi connectivity index (χ4v) is 2.66. The summed E-state index contributed by atoms with van der Waals surface area (Å²) >= 11 is 0. The Bertz CT molecular complexity index is 359. The highest BCUT2D eigenvalue weighted by Gasteiger charge is 2.37. The van der Waals surface area contributed by atoms with Gasteiger partial charge in [-0.2, -0.15) is 0 Å². The van der Waals surface area contributed by atoms with Gasteiger partial charge in [-0.3, -0.25) is 4.79 Å². The van der Waals surface area contributed by atoms with E-state index in [0.29, 0.717) is 12.5 Å². The Hall–Kier alpha value is -1.26. The number of piperidine rings is 1. The van der Waals surface area contributed by atoms with Gasteiger partial charge in [0, 0.05) is 13.1 Å². The summed E-state index contributed by atoms with van der Waals surface area (Å²) in [4.78, 5) is 25.0. The summed E-state index contributed by atoms with van der Waals surface area (Å²) in [7, 11) is 0. The lowest BCUT2D eigenvalue weighted by molar-refractivity contribution is -0.146. The minimum absolute atomic E-state index is 0.145. The molecular weight excluding hydrogens is 258 g/mol. The van der Waals surface area contributed by atoms with Crippen molar-refractivity contribution in [3.63, 3.8) is 0 Å². The molecule has 1 aliphatic rings. The molecule has 1 amide bonds. The maximum absolute atomic E-state index is 12.0. The van der Waals surface area contributed by atoms with E-state index >= 15 is 0 Å². The molecule has 0 aromatic heterocycles. The summed E-state index contributed by atoms with van der Waals surface area (Å²) in [6, 6.07) is 0.